The van der Waals surface area contributed by atoms with Gasteiger partial charge in [-0.15, -0.1) is 0 Å². The third-order valence-electron chi connectivity index (χ3n) is 2.44. The lowest BCUT2D eigenvalue weighted by atomic mass is 10.2. The Morgan fingerprint density at radius 3 is 2.81 bits per heavy atom. The molecule has 0 unspecified atom stereocenters. The fraction of sp³-hybridized carbons (Fsp3) is 0.400. The average molecular weight is 259 g/mol. The highest BCUT2D eigenvalue weighted by Crippen LogP contribution is 2.41. The van der Waals surface area contributed by atoms with Crippen molar-refractivity contribution in [1.29, 1.82) is 0 Å². The van der Waals surface area contributed by atoms with Crippen LogP contribution in [0.25, 0.3) is 0 Å². The van der Waals surface area contributed by atoms with Crippen LogP contribution in [0.1, 0.15) is 19.4 Å². The lowest BCUT2D eigenvalue weighted by Crippen LogP contribution is -2.18. The maximum absolute atomic E-state index is 10.7. The molecule has 4 nitrogen and oxygen atoms in total. The molecule has 0 saturated heterocycles. The van der Waals surface area contributed by atoms with Crippen LogP contribution >= 0.6 is 23.5 Å². The van der Waals surface area contributed by atoms with E-state index in [0.29, 0.717) is 6.04 Å². The molecule has 1 heterocycles. The van der Waals surface area contributed by atoms with Crippen LogP contribution in [0.4, 0.5) is 5.69 Å². The molecule has 2 rings (SSSR count). The second-order valence-corrected chi connectivity index (χ2v) is 5.43. The molecule has 86 valence electrons. The first-order valence-corrected chi connectivity index (χ1v) is 6.05. The van der Waals surface area contributed by atoms with Crippen molar-refractivity contribution in [2.45, 2.75) is 31.3 Å². The van der Waals surface area contributed by atoms with Crippen LogP contribution < -0.4 is 0 Å². The maximum Gasteiger partial charge on any atom is 0.288 e. The zero-order chi connectivity index (χ0) is 11.9. The summed E-state index contributed by atoms with van der Waals surface area (Å²) in [6.07, 6.45) is 0. The molecule has 0 radical (unpaired) electrons. The lowest BCUT2D eigenvalue weighted by Gasteiger charge is -2.17. The molecule has 0 aliphatic carbocycles. The Hall–Kier alpha value is -0.780. The van der Waals surface area contributed by atoms with E-state index in [1.807, 2.05) is 0 Å². The number of rotatable bonds is 2. The third-order valence-corrected chi connectivity index (χ3v) is 4.11. The predicted octanol–water partition coefficient (Wildman–Crippen LogP) is 3.48. The summed E-state index contributed by atoms with van der Waals surface area (Å²) in [4.78, 5) is 11.3. The molecular weight excluding hydrogens is 248 g/mol. The maximum atomic E-state index is 10.7. The SMILES string of the molecule is CC(C)N1Cc2cc([N+](=O)[O-])c(Cl)cc2S1. The van der Waals surface area contributed by atoms with Gasteiger partial charge in [0.15, 0.2) is 0 Å². The molecule has 0 N–H and O–H groups in total. The Labute approximate surface area is 103 Å². The quantitative estimate of drug-likeness (QED) is 0.463. The molecule has 0 saturated carbocycles. The van der Waals surface area contributed by atoms with Gasteiger partial charge in [0.1, 0.15) is 5.02 Å². The molecule has 0 bridgehead atoms. The van der Waals surface area contributed by atoms with Crippen LogP contribution in [0.2, 0.25) is 5.02 Å². The van der Waals surface area contributed by atoms with E-state index in [-0.39, 0.29) is 10.7 Å². The van der Waals surface area contributed by atoms with Gasteiger partial charge in [-0.2, -0.15) is 0 Å². The number of hydrogen-bond donors (Lipinski definition) is 0. The second-order valence-electron chi connectivity index (χ2n) is 3.93. The molecule has 0 fully saturated rings. The van der Waals surface area contributed by atoms with Gasteiger partial charge < -0.3 is 0 Å². The highest BCUT2D eigenvalue weighted by atomic mass is 35.5. The minimum atomic E-state index is -0.439. The molecule has 0 spiro atoms. The molecule has 1 aromatic carbocycles. The van der Waals surface area contributed by atoms with E-state index >= 15 is 0 Å². The lowest BCUT2D eigenvalue weighted by molar-refractivity contribution is -0.384. The summed E-state index contributed by atoms with van der Waals surface area (Å²) in [7, 11) is 0. The topological polar surface area (TPSA) is 46.4 Å². The van der Waals surface area contributed by atoms with E-state index in [0.717, 1.165) is 17.0 Å². The normalized spacial score (nSPS) is 15.5. The van der Waals surface area contributed by atoms with Gasteiger partial charge in [-0.3, -0.25) is 10.1 Å². The number of fused-ring (bicyclic) bond motifs is 1. The Morgan fingerprint density at radius 2 is 2.25 bits per heavy atom. The van der Waals surface area contributed by atoms with Crippen LogP contribution in [0, 0.1) is 10.1 Å². The molecule has 1 aliphatic heterocycles. The highest BCUT2D eigenvalue weighted by Gasteiger charge is 2.26. The van der Waals surface area contributed by atoms with Gasteiger partial charge in [0.2, 0.25) is 0 Å². The standard InChI is InChI=1S/C10H11ClN2O2S/c1-6(2)12-5-7-3-9(13(14)15)8(11)4-10(7)16-12/h3-4,6H,5H2,1-2H3. The summed E-state index contributed by atoms with van der Waals surface area (Å²) >= 11 is 7.46. The molecular formula is C10H11ClN2O2S. The first-order valence-electron chi connectivity index (χ1n) is 4.90. The molecule has 1 aliphatic rings. The zero-order valence-electron chi connectivity index (χ0n) is 8.94. The van der Waals surface area contributed by atoms with Crippen LogP contribution in [-0.4, -0.2) is 15.3 Å². The minimum Gasteiger partial charge on any atom is -0.258 e. The van der Waals surface area contributed by atoms with Gasteiger partial charge >= 0.3 is 0 Å². The van der Waals surface area contributed by atoms with E-state index in [1.165, 1.54) is 0 Å². The largest absolute Gasteiger partial charge is 0.288 e. The van der Waals surface area contributed by atoms with Crippen LogP contribution in [0.3, 0.4) is 0 Å². The van der Waals surface area contributed by atoms with Crippen molar-refractivity contribution in [3.05, 3.63) is 32.8 Å². The van der Waals surface area contributed by atoms with E-state index < -0.39 is 4.92 Å². The van der Waals surface area contributed by atoms with E-state index in [1.54, 1.807) is 24.1 Å². The van der Waals surface area contributed by atoms with Crippen molar-refractivity contribution >= 4 is 29.2 Å². The van der Waals surface area contributed by atoms with Crippen molar-refractivity contribution in [1.82, 2.24) is 4.31 Å². The molecule has 0 atom stereocenters. The summed E-state index contributed by atoms with van der Waals surface area (Å²) in [6, 6.07) is 3.66. The zero-order valence-corrected chi connectivity index (χ0v) is 10.5. The Morgan fingerprint density at radius 1 is 1.56 bits per heavy atom. The van der Waals surface area contributed by atoms with Crippen molar-refractivity contribution in [2.75, 3.05) is 0 Å². The predicted molar refractivity (Wildman–Crippen MR) is 64.6 cm³/mol. The first kappa shape index (κ1) is 11.7. The van der Waals surface area contributed by atoms with Gasteiger partial charge in [-0.05, 0) is 37.4 Å². The smallest absolute Gasteiger partial charge is 0.258 e. The van der Waals surface area contributed by atoms with Crippen LogP contribution in [0.15, 0.2) is 17.0 Å². The fourth-order valence-electron chi connectivity index (χ4n) is 1.55. The number of benzene rings is 1. The number of nitrogens with zero attached hydrogens (tertiary/aromatic N) is 2. The number of halogens is 1. The molecule has 0 amide bonds. The van der Waals surface area contributed by atoms with Gasteiger partial charge in [-0.25, -0.2) is 4.31 Å². The van der Waals surface area contributed by atoms with Gasteiger partial charge in [0.05, 0.1) is 4.92 Å². The Kier molecular flexibility index (Phi) is 3.10. The van der Waals surface area contributed by atoms with Crippen molar-refractivity contribution < 1.29 is 4.92 Å². The van der Waals surface area contributed by atoms with Gasteiger partial charge in [0.25, 0.3) is 5.69 Å². The van der Waals surface area contributed by atoms with E-state index in [4.69, 9.17) is 11.6 Å². The Balaban J connectivity index is 2.37. The van der Waals surface area contributed by atoms with E-state index in [2.05, 4.69) is 18.2 Å². The summed E-state index contributed by atoms with van der Waals surface area (Å²) in [6.45, 7) is 4.92. The monoisotopic (exact) mass is 258 g/mol. The molecule has 6 heteroatoms. The summed E-state index contributed by atoms with van der Waals surface area (Å²) in [5, 5.41) is 10.9. The summed E-state index contributed by atoms with van der Waals surface area (Å²) in [5.41, 5.74) is 0.974. The van der Waals surface area contributed by atoms with Crippen LogP contribution in [-0.2, 0) is 6.54 Å². The average Bonchev–Trinajstić information content (AvgIpc) is 2.58. The number of hydrogen-bond acceptors (Lipinski definition) is 4. The summed E-state index contributed by atoms with van der Waals surface area (Å²) in [5.74, 6) is 0. The first-order chi connectivity index (χ1) is 7.49. The summed E-state index contributed by atoms with van der Waals surface area (Å²) < 4.78 is 2.17. The third kappa shape index (κ3) is 2.03. The van der Waals surface area contributed by atoms with Crippen LogP contribution in [0.5, 0.6) is 0 Å². The Bertz CT molecular complexity index is 451. The number of nitro groups is 1. The molecule has 16 heavy (non-hydrogen) atoms. The van der Waals surface area contributed by atoms with Crippen molar-refractivity contribution in [2.24, 2.45) is 0 Å². The fourth-order valence-corrected chi connectivity index (χ4v) is 2.93. The number of nitro benzene ring substituents is 1. The van der Waals surface area contributed by atoms with Gasteiger partial charge in [0, 0.05) is 23.5 Å². The second kappa shape index (κ2) is 4.24. The van der Waals surface area contributed by atoms with Gasteiger partial charge in [-0.1, -0.05) is 11.6 Å². The molecule has 1 aromatic rings. The minimum absolute atomic E-state index is 0.00776. The molecule has 0 aromatic heterocycles. The van der Waals surface area contributed by atoms with E-state index in [9.17, 15) is 10.1 Å². The van der Waals surface area contributed by atoms with Crippen molar-refractivity contribution in [3.63, 3.8) is 0 Å². The van der Waals surface area contributed by atoms with Crippen molar-refractivity contribution in [3.8, 4) is 0 Å². The highest BCUT2D eigenvalue weighted by molar-refractivity contribution is 7.97.